The summed E-state index contributed by atoms with van der Waals surface area (Å²) in [5.41, 5.74) is 9.40. The zero-order chi connectivity index (χ0) is 22.2. The molecule has 1 aliphatic rings. The van der Waals surface area contributed by atoms with Crippen molar-refractivity contribution in [3.63, 3.8) is 0 Å². The first-order valence-electron chi connectivity index (χ1n) is 9.90. The van der Waals surface area contributed by atoms with Crippen LogP contribution in [-0.4, -0.2) is 33.3 Å². The van der Waals surface area contributed by atoms with E-state index in [9.17, 15) is 5.26 Å². The minimum absolute atomic E-state index is 0.326. The van der Waals surface area contributed by atoms with E-state index in [4.69, 9.17) is 33.7 Å². The van der Waals surface area contributed by atoms with Crippen LogP contribution in [0.5, 0.6) is 5.75 Å². The molecule has 1 saturated heterocycles. The number of nitrogens with zero attached hydrogens (tertiary/aromatic N) is 5. The zero-order valence-corrected chi connectivity index (χ0v) is 18.2. The summed E-state index contributed by atoms with van der Waals surface area (Å²) in [6.45, 7) is 1.83. The first-order valence-corrected chi connectivity index (χ1v) is 10.7. The summed E-state index contributed by atoms with van der Waals surface area (Å²) >= 11 is 12.4. The highest BCUT2D eigenvalue weighted by Crippen LogP contribution is 2.34. The van der Waals surface area contributed by atoms with Crippen molar-refractivity contribution in [1.82, 2.24) is 20.2 Å². The standard InChI is InChI=1S/C22H17Cl2N7O/c23-16-10-27-11-17(24)19(16)21(26)32-14-2-3-18-15(7-14)20(30-29-18)13-6-12(8-25)22(28-9-13)31-4-1-5-31/h2-3,6-7,9-11,21H,1,4-5,26H2,(H,29,30)/t21-/m0/s1. The molecule has 0 saturated carbocycles. The number of nitriles is 1. The number of H-pyrrole nitrogens is 1. The van der Waals surface area contributed by atoms with E-state index in [2.05, 4.69) is 31.1 Å². The molecular weight excluding hydrogens is 449 g/mol. The van der Waals surface area contributed by atoms with Gasteiger partial charge in [0.1, 0.15) is 23.3 Å². The largest absolute Gasteiger partial charge is 0.471 e. The maximum atomic E-state index is 9.61. The summed E-state index contributed by atoms with van der Waals surface area (Å²) in [7, 11) is 0. The number of aromatic amines is 1. The molecule has 1 aliphatic heterocycles. The fourth-order valence-corrected chi connectivity index (χ4v) is 4.21. The topological polar surface area (TPSA) is 117 Å². The van der Waals surface area contributed by atoms with Crippen molar-refractivity contribution < 1.29 is 4.74 Å². The van der Waals surface area contributed by atoms with Crippen LogP contribution in [0.3, 0.4) is 0 Å². The van der Waals surface area contributed by atoms with Crippen molar-refractivity contribution >= 4 is 39.9 Å². The number of benzene rings is 1. The summed E-state index contributed by atoms with van der Waals surface area (Å²) in [4.78, 5) is 10.6. The lowest BCUT2D eigenvalue weighted by atomic mass is 10.1. The second kappa shape index (κ2) is 8.28. The molecule has 0 unspecified atom stereocenters. The van der Waals surface area contributed by atoms with E-state index in [1.54, 1.807) is 12.3 Å². The van der Waals surface area contributed by atoms with E-state index in [0.717, 1.165) is 36.0 Å². The van der Waals surface area contributed by atoms with Gasteiger partial charge >= 0.3 is 0 Å². The van der Waals surface area contributed by atoms with Gasteiger partial charge in [0, 0.05) is 48.2 Å². The number of pyridine rings is 2. The first kappa shape index (κ1) is 20.5. The van der Waals surface area contributed by atoms with Gasteiger partial charge < -0.3 is 9.64 Å². The number of nitrogens with two attached hydrogens (primary N) is 1. The van der Waals surface area contributed by atoms with Crippen LogP contribution in [0.2, 0.25) is 10.0 Å². The van der Waals surface area contributed by atoms with Crippen LogP contribution in [0.25, 0.3) is 22.2 Å². The molecule has 1 fully saturated rings. The van der Waals surface area contributed by atoms with E-state index < -0.39 is 6.23 Å². The van der Waals surface area contributed by atoms with Crippen molar-refractivity contribution in [2.75, 3.05) is 18.0 Å². The first-order chi connectivity index (χ1) is 15.5. The highest BCUT2D eigenvalue weighted by Gasteiger charge is 2.21. The Morgan fingerprint density at radius 1 is 1.16 bits per heavy atom. The molecule has 1 aromatic carbocycles. The molecule has 5 rings (SSSR count). The van der Waals surface area contributed by atoms with Gasteiger partial charge in [-0.25, -0.2) is 4.98 Å². The highest BCUT2D eigenvalue weighted by atomic mass is 35.5. The number of halogens is 2. The molecule has 3 aromatic heterocycles. The normalized spacial score (nSPS) is 14.1. The van der Waals surface area contributed by atoms with Crippen LogP contribution >= 0.6 is 23.2 Å². The molecule has 0 radical (unpaired) electrons. The molecule has 4 aromatic rings. The van der Waals surface area contributed by atoms with Gasteiger partial charge in [-0.1, -0.05) is 23.2 Å². The maximum absolute atomic E-state index is 9.61. The van der Waals surface area contributed by atoms with Crippen molar-refractivity contribution in [2.24, 2.45) is 5.73 Å². The van der Waals surface area contributed by atoms with Gasteiger partial charge in [0.2, 0.25) is 0 Å². The molecule has 1 atom stereocenters. The molecule has 0 amide bonds. The summed E-state index contributed by atoms with van der Waals surface area (Å²) in [6, 6.07) is 9.51. The second-order valence-corrected chi connectivity index (χ2v) is 8.20. The molecule has 32 heavy (non-hydrogen) atoms. The fraction of sp³-hybridized carbons (Fsp3) is 0.182. The van der Waals surface area contributed by atoms with Gasteiger partial charge in [0.15, 0.2) is 6.23 Å². The lowest BCUT2D eigenvalue weighted by Gasteiger charge is -2.32. The van der Waals surface area contributed by atoms with Crippen LogP contribution in [0.15, 0.2) is 42.9 Å². The molecule has 0 aliphatic carbocycles. The van der Waals surface area contributed by atoms with Gasteiger partial charge in [-0.05, 0) is 30.7 Å². The number of rotatable bonds is 5. The fourth-order valence-electron chi connectivity index (χ4n) is 3.63. The number of hydrogen-bond donors (Lipinski definition) is 2. The van der Waals surface area contributed by atoms with Crippen LogP contribution in [0.1, 0.15) is 23.8 Å². The average Bonchev–Trinajstić information content (AvgIpc) is 3.16. The van der Waals surface area contributed by atoms with Crippen LogP contribution in [0.4, 0.5) is 5.82 Å². The van der Waals surface area contributed by atoms with Gasteiger partial charge in [0.05, 0.1) is 21.1 Å². The molecule has 160 valence electrons. The molecule has 3 N–H and O–H groups in total. The average molecular weight is 466 g/mol. The molecule has 0 bridgehead atoms. The summed E-state index contributed by atoms with van der Waals surface area (Å²) in [5, 5.41) is 18.5. The lowest BCUT2D eigenvalue weighted by Crippen LogP contribution is -2.38. The van der Waals surface area contributed by atoms with Gasteiger partial charge in [-0.3, -0.25) is 15.8 Å². The zero-order valence-electron chi connectivity index (χ0n) is 16.7. The maximum Gasteiger partial charge on any atom is 0.177 e. The van der Waals surface area contributed by atoms with Crippen molar-refractivity contribution in [1.29, 1.82) is 5.26 Å². The highest BCUT2D eigenvalue weighted by molar-refractivity contribution is 6.35. The van der Waals surface area contributed by atoms with Crippen LogP contribution in [0, 0.1) is 11.3 Å². The Hall–Kier alpha value is -3.38. The molecule has 0 spiro atoms. The van der Waals surface area contributed by atoms with Gasteiger partial charge in [0.25, 0.3) is 0 Å². The summed E-state index contributed by atoms with van der Waals surface area (Å²) in [5.74, 6) is 1.23. The SMILES string of the molecule is N#Cc1cc(-c2n[nH]c3ccc(O[C@H](N)c4c(Cl)cncc4Cl)cc23)cnc1N1CCC1. The van der Waals surface area contributed by atoms with Crippen molar-refractivity contribution in [3.05, 3.63) is 64.0 Å². The number of ether oxygens (including phenoxy) is 1. The van der Waals surface area contributed by atoms with Gasteiger partial charge in [-0.15, -0.1) is 0 Å². The Labute approximate surface area is 193 Å². The number of nitrogens with one attached hydrogen (secondary N) is 1. The Balaban J connectivity index is 1.49. The smallest absolute Gasteiger partial charge is 0.177 e. The quantitative estimate of drug-likeness (QED) is 0.418. The third-order valence-corrected chi connectivity index (χ3v) is 5.99. The van der Waals surface area contributed by atoms with E-state index in [1.807, 2.05) is 18.2 Å². The second-order valence-electron chi connectivity index (χ2n) is 7.38. The van der Waals surface area contributed by atoms with Crippen LogP contribution < -0.4 is 15.4 Å². The van der Waals surface area contributed by atoms with E-state index >= 15 is 0 Å². The Morgan fingerprint density at radius 2 is 1.94 bits per heavy atom. The summed E-state index contributed by atoms with van der Waals surface area (Å²) in [6.07, 6.45) is 4.90. The Morgan fingerprint density at radius 3 is 2.62 bits per heavy atom. The molecular formula is C22H17Cl2N7O. The number of fused-ring (bicyclic) bond motifs is 1. The van der Waals surface area contributed by atoms with Crippen molar-refractivity contribution in [2.45, 2.75) is 12.6 Å². The van der Waals surface area contributed by atoms with E-state index in [1.165, 1.54) is 12.4 Å². The molecule has 8 nitrogen and oxygen atoms in total. The van der Waals surface area contributed by atoms with E-state index in [-0.39, 0.29) is 0 Å². The number of hydrogen-bond acceptors (Lipinski definition) is 7. The molecule has 10 heteroatoms. The minimum Gasteiger partial charge on any atom is -0.471 e. The lowest BCUT2D eigenvalue weighted by molar-refractivity contribution is 0.214. The predicted molar refractivity (Wildman–Crippen MR) is 123 cm³/mol. The van der Waals surface area contributed by atoms with E-state index in [0.29, 0.717) is 38.4 Å². The van der Waals surface area contributed by atoms with Gasteiger partial charge in [-0.2, -0.15) is 10.4 Å². The number of aromatic nitrogens is 4. The summed E-state index contributed by atoms with van der Waals surface area (Å²) < 4.78 is 5.91. The van der Waals surface area contributed by atoms with Crippen LogP contribution in [-0.2, 0) is 0 Å². The monoisotopic (exact) mass is 465 g/mol. The number of anilines is 1. The Bertz CT molecular complexity index is 1340. The predicted octanol–water partition coefficient (Wildman–Crippen LogP) is 4.44. The molecule has 4 heterocycles. The van der Waals surface area contributed by atoms with Crippen molar-refractivity contribution in [3.8, 4) is 23.1 Å². The third kappa shape index (κ3) is 3.60. The Kier molecular flexibility index (Phi) is 5.31. The minimum atomic E-state index is -0.881. The third-order valence-electron chi connectivity index (χ3n) is 5.39.